The summed E-state index contributed by atoms with van der Waals surface area (Å²) in [5.74, 6) is -2.11. The molecule has 0 aromatic carbocycles. The predicted molar refractivity (Wildman–Crippen MR) is 151 cm³/mol. The van der Waals surface area contributed by atoms with Crippen molar-refractivity contribution in [2.45, 2.75) is 26.3 Å². The van der Waals surface area contributed by atoms with Crippen molar-refractivity contribution in [1.29, 1.82) is 0 Å². The lowest BCUT2D eigenvalue weighted by Gasteiger charge is -2.32. The standard InChI is InChI=1S/C28H27F2N7O4S/c1-2-41-26(39)20-9-17(15-33-24(20)18-10-22(29)35-23(30)11-18)14-31-13-16-4-7-37(8-5-16)27-32-6-3-19(34-27)12-21-25(38)36-28(40)42-21/h3,6,9-12,15-16,31H,2,4-5,7-8,13-14H2,1H3,(H,36,38,40)/b21-12-. The molecule has 2 amide bonds. The van der Waals surface area contributed by atoms with E-state index in [1.807, 2.05) is 0 Å². The number of esters is 1. The average Bonchev–Trinajstić information content (AvgIpc) is 3.29. The smallest absolute Gasteiger partial charge is 0.340 e. The zero-order valence-corrected chi connectivity index (χ0v) is 23.4. The number of ether oxygens (including phenoxy) is 1. The van der Waals surface area contributed by atoms with Gasteiger partial charge in [0.25, 0.3) is 11.1 Å². The van der Waals surface area contributed by atoms with Crippen molar-refractivity contribution in [1.82, 2.24) is 30.6 Å². The number of rotatable bonds is 9. The van der Waals surface area contributed by atoms with Crippen LogP contribution in [0.3, 0.4) is 0 Å². The monoisotopic (exact) mass is 595 g/mol. The molecule has 3 aromatic rings. The van der Waals surface area contributed by atoms with Crippen LogP contribution < -0.4 is 15.5 Å². The van der Waals surface area contributed by atoms with Crippen LogP contribution in [0, 0.1) is 17.8 Å². The van der Waals surface area contributed by atoms with Crippen LogP contribution in [0.5, 0.6) is 0 Å². The number of halogens is 2. The Morgan fingerprint density at radius 3 is 2.62 bits per heavy atom. The second-order valence-electron chi connectivity index (χ2n) is 9.66. The van der Waals surface area contributed by atoms with E-state index in [0.29, 0.717) is 29.0 Å². The maximum atomic E-state index is 13.7. The molecule has 14 heteroatoms. The van der Waals surface area contributed by atoms with Gasteiger partial charge in [0.2, 0.25) is 17.8 Å². The minimum Gasteiger partial charge on any atom is -0.462 e. The molecule has 5 heterocycles. The van der Waals surface area contributed by atoms with E-state index < -0.39 is 29.0 Å². The van der Waals surface area contributed by atoms with E-state index in [2.05, 4.69) is 35.5 Å². The Morgan fingerprint density at radius 2 is 1.93 bits per heavy atom. The Hall–Kier alpha value is -4.30. The summed E-state index contributed by atoms with van der Waals surface area (Å²) in [6.45, 7) is 4.49. The highest BCUT2D eigenvalue weighted by Gasteiger charge is 2.26. The molecule has 218 valence electrons. The van der Waals surface area contributed by atoms with E-state index >= 15 is 0 Å². The number of piperidine rings is 1. The number of nitrogens with zero attached hydrogens (tertiary/aromatic N) is 5. The van der Waals surface area contributed by atoms with Gasteiger partial charge in [-0.15, -0.1) is 0 Å². The number of amides is 2. The molecule has 11 nitrogen and oxygen atoms in total. The first-order valence-corrected chi connectivity index (χ1v) is 14.1. The van der Waals surface area contributed by atoms with E-state index in [9.17, 15) is 23.2 Å². The number of thioether (sulfide) groups is 1. The van der Waals surface area contributed by atoms with Gasteiger partial charge in [-0.25, -0.2) is 14.8 Å². The Labute approximate surface area is 244 Å². The zero-order chi connectivity index (χ0) is 29.6. The van der Waals surface area contributed by atoms with Gasteiger partial charge in [-0.3, -0.25) is 19.9 Å². The molecule has 2 aliphatic rings. The van der Waals surface area contributed by atoms with E-state index in [4.69, 9.17) is 4.74 Å². The summed E-state index contributed by atoms with van der Waals surface area (Å²) < 4.78 is 32.6. The Bertz CT molecular complexity index is 1530. The van der Waals surface area contributed by atoms with E-state index in [-0.39, 0.29) is 23.4 Å². The van der Waals surface area contributed by atoms with Crippen molar-refractivity contribution in [2.75, 3.05) is 31.1 Å². The summed E-state index contributed by atoms with van der Waals surface area (Å²) in [6, 6.07) is 5.35. The van der Waals surface area contributed by atoms with Crippen molar-refractivity contribution >= 4 is 40.9 Å². The van der Waals surface area contributed by atoms with Gasteiger partial charge in [-0.05, 0) is 67.8 Å². The number of aromatic nitrogens is 4. The second kappa shape index (κ2) is 13.1. The third kappa shape index (κ3) is 7.12. The summed E-state index contributed by atoms with van der Waals surface area (Å²) in [5.41, 5.74) is 1.61. The first-order valence-electron chi connectivity index (χ1n) is 13.3. The van der Waals surface area contributed by atoms with Crippen molar-refractivity contribution < 1.29 is 27.9 Å². The third-order valence-electron chi connectivity index (χ3n) is 6.72. The van der Waals surface area contributed by atoms with Gasteiger partial charge in [-0.2, -0.15) is 13.8 Å². The molecule has 0 radical (unpaired) electrons. The number of nitrogens with one attached hydrogen (secondary N) is 2. The topological polar surface area (TPSA) is 139 Å². The number of carbonyl (C=O) groups is 3. The fourth-order valence-corrected chi connectivity index (χ4v) is 5.38. The van der Waals surface area contributed by atoms with Crippen molar-refractivity contribution in [3.05, 3.63) is 70.3 Å². The molecule has 0 aliphatic carbocycles. The van der Waals surface area contributed by atoms with Crippen LogP contribution in [0.4, 0.5) is 19.5 Å². The van der Waals surface area contributed by atoms with E-state index in [1.165, 1.54) is 0 Å². The lowest BCUT2D eigenvalue weighted by atomic mass is 9.97. The fourth-order valence-electron chi connectivity index (χ4n) is 4.71. The van der Waals surface area contributed by atoms with Crippen LogP contribution in [0.2, 0.25) is 0 Å². The zero-order valence-electron chi connectivity index (χ0n) is 22.6. The van der Waals surface area contributed by atoms with Crippen LogP contribution in [0.15, 0.2) is 41.6 Å². The van der Waals surface area contributed by atoms with Crippen LogP contribution in [-0.4, -0.2) is 63.3 Å². The molecule has 42 heavy (non-hydrogen) atoms. The lowest BCUT2D eigenvalue weighted by molar-refractivity contribution is -0.115. The van der Waals surface area contributed by atoms with Gasteiger partial charge in [0, 0.05) is 49.7 Å². The van der Waals surface area contributed by atoms with Crippen molar-refractivity contribution in [3.8, 4) is 11.3 Å². The summed E-state index contributed by atoms with van der Waals surface area (Å²) in [6.07, 6.45) is 6.58. The number of hydrogen-bond acceptors (Lipinski definition) is 11. The van der Waals surface area contributed by atoms with Gasteiger partial charge in [-0.1, -0.05) is 0 Å². The van der Waals surface area contributed by atoms with Gasteiger partial charge in [0.1, 0.15) is 0 Å². The van der Waals surface area contributed by atoms with Crippen LogP contribution in [0.25, 0.3) is 17.3 Å². The molecule has 2 fully saturated rings. The molecular weight excluding hydrogens is 568 g/mol. The predicted octanol–water partition coefficient (Wildman–Crippen LogP) is 3.72. The van der Waals surface area contributed by atoms with Gasteiger partial charge < -0.3 is 15.0 Å². The van der Waals surface area contributed by atoms with Crippen LogP contribution >= 0.6 is 11.8 Å². The Balaban J connectivity index is 1.17. The van der Waals surface area contributed by atoms with Gasteiger partial charge in [0.15, 0.2) is 0 Å². The minimum atomic E-state index is -1.01. The maximum Gasteiger partial charge on any atom is 0.340 e. The fraction of sp³-hybridized carbons (Fsp3) is 0.321. The number of pyridine rings is 2. The Kier molecular flexibility index (Phi) is 9.12. The van der Waals surface area contributed by atoms with Crippen LogP contribution in [-0.2, 0) is 16.1 Å². The van der Waals surface area contributed by atoms with Crippen molar-refractivity contribution in [2.24, 2.45) is 5.92 Å². The summed E-state index contributed by atoms with van der Waals surface area (Å²) in [4.78, 5) is 54.6. The van der Waals surface area contributed by atoms with Gasteiger partial charge >= 0.3 is 5.97 Å². The third-order valence-corrected chi connectivity index (χ3v) is 7.53. The quantitative estimate of drug-likeness (QED) is 0.213. The molecule has 2 aliphatic heterocycles. The number of anilines is 1. The highest BCUT2D eigenvalue weighted by molar-refractivity contribution is 8.18. The second-order valence-corrected chi connectivity index (χ2v) is 10.7. The summed E-state index contributed by atoms with van der Waals surface area (Å²) >= 11 is 0.845. The first kappa shape index (κ1) is 29.2. The highest BCUT2D eigenvalue weighted by atomic mass is 32.2. The molecular formula is C28H27F2N7O4S. The maximum absolute atomic E-state index is 13.7. The van der Waals surface area contributed by atoms with Crippen LogP contribution in [0.1, 0.15) is 41.4 Å². The SMILES string of the molecule is CCOC(=O)c1cc(CNCC2CCN(c3nccc(/C=C4\SC(=O)NC4=O)n3)CC2)cnc1-c1cc(F)nc(F)c1. The number of carbonyl (C=O) groups excluding carboxylic acids is 3. The molecule has 0 bridgehead atoms. The first-order chi connectivity index (χ1) is 20.3. The summed E-state index contributed by atoms with van der Waals surface area (Å²) in [7, 11) is 0. The molecule has 0 spiro atoms. The highest BCUT2D eigenvalue weighted by Crippen LogP contribution is 2.27. The normalized spacial score (nSPS) is 16.6. The molecule has 0 unspecified atom stereocenters. The molecule has 5 rings (SSSR count). The molecule has 0 saturated carbocycles. The van der Waals surface area contributed by atoms with E-state index in [1.54, 1.807) is 37.5 Å². The average molecular weight is 596 g/mol. The Morgan fingerprint density at radius 1 is 1.17 bits per heavy atom. The minimum absolute atomic E-state index is 0.0958. The number of imide groups is 1. The molecule has 2 saturated heterocycles. The van der Waals surface area contributed by atoms with Crippen molar-refractivity contribution in [3.63, 3.8) is 0 Å². The number of hydrogen-bond donors (Lipinski definition) is 2. The lowest BCUT2D eigenvalue weighted by Crippen LogP contribution is -2.38. The van der Waals surface area contributed by atoms with Gasteiger partial charge in [0.05, 0.1) is 28.5 Å². The molecule has 0 atom stereocenters. The summed E-state index contributed by atoms with van der Waals surface area (Å²) in [5, 5.41) is 5.24. The molecule has 2 N–H and O–H groups in total. The molecule has 3 aromatic heterocycles. The van der Waals surface area contributed by atoms with E-state index in [0.717, 1.165) is 61.9 Å². The largest absolute Gasteiger partial charge is 0.462 e.